The molecule has 0 spiro atoms. The van der Waals surface area contributed by atoms with E-state index in [1.54, 1.807) is 60.6 Å². The monoisotopic (exact) mass is 830 g/mol. The van der Waals surface area contributed by atoms with Crippen molar-refractivity contribution < 1.29 is 51.4 Å². The number of benzene rings is 1. The van der Waals surface area contributed by atoms with Crippen molar-refractivity contribution in [2.24, 2.45) is 11.3 Å². The minimum atomic E-state index is -3.96. The molecule has 5 rings (SSSR count). The van der Waals surface area contributed by atoms with E-state index in [1.165, 1.54) is 17.0 Å². The van der Waals surface area contributed by atoms with Crippen LogP contribution in [0.3, 0.4) is 0 Å². The molecule has 2 saturated heterocycles. The van der Waals surface area contributed by atoms with Crippen LogP contribution < -0.4 is 25.6 Å². The molecule has 5 atom stereocenters. The van der Waals surface area contributed by atoms with Gasteiger partial charge in [-0.25, -0.2) is 22.8 Å². The number of piperidine rings is 1. The molecule has 1 aromatic carbocycles. The van der Waals surface area contributed by atoms with Crippen LogP contribution in [0.2, 0.25) is 0 Å². The normalized spacial score (nSPS) is 23.8. The van der Waals surface area contributed by atoms with E-state index < -0.39 is 91.8 Å². The number of likely N-dealkylation sites (tertiary alicyclic amines) is 1. The Kier molecular flexibility index (Phi) is 13.1. The van der Waals surface area contributed by atoms with Crippen molar-refractivity contribution in [1.82, 2.24) is 20.3 Å². The lowest BCUT2D eigenvalue weighted by atomic mass is 9.85. The number of hydrogen-bond acceptors (Lipinski definition) is 12. The van der Waals surface area contributed by atoms with Crippen LogP contribution in [0, 0.1) is 11.3 Å². The van der Waals surface area contributed by atoms with Crippen LogP contribution in [0.15, 0.2) is 30.9 Å². The summed E-state index contributed by atoms with van der Waals surface area (Å²) in [6, 6.07) is 2.35. The third kappa shape index (κ3) is 10.6. The number of nitrogens with one attached hydrogen (secondary N) is 4. The van der Waals surface area contributed by atoms with Gasteiger partial charge in [0.25, 0.3) is 5.91 Å². The Bertz CT molecular complexity index is 1900. The number of esters is 1. The van der Waals surface area contributed by atoms with Gasteiger partial charge in [-0.2, -0.15) is 0 Å². The molecule has 0 bridgehead atoms. The Labute approximate surface area is 340 Å². The molecule has 4 aliphatic rings. The highest BCUT2D eigenvalue weighted by molar-refractivity contribution is 7.91. The number of carbonyl (C=O) groups excluding carboxylic acids is 6. The van der Waals surface area contributed by atoms with Crippen LogP contribution in [0.4, 0.5) is 21.0 Å². The molecule has 4 fully saturated rings. The number of sulfonamides is 1. The van der Waals surface area contributed by atoms with Gasteiger partial charge in [0.1, 0.15) is 29.3 Å². The number of nitrogens with zero attached hydrogens (tertiary/aromatic N) is 2. The largest absolute Gasteiger partial charge is 0.462 e. The number of hydrogen-bond donors (Lipinski definition) is 4. The van der Waals surface area contributed by atoms with Gasteiger partial charge in [0.2, 0.25) is 21.8 Å². The van der Waals surface area contributed by atoms with Gasteiger partial charge in [-0.15, -0.1) is 6.58 Å². The van der Waals surface area contributed by atoms with Gasteiger partial charge in [0, 0.05) is 25.4 Å². The molecule has 1 aromatic rings. The fourth-order valence-corrected chi connectivity index (χ4v) is 8.68. The fourth-order valence-electron chi connectivity index (χ4n) is 7.31. The minimum absolute atomic E-state index is 0.0757. The van der Waals surface area contributed by atoms with Crippen LogP contribution in [0.25, 0.3) is 0 Å². The van der Waals surface area contributed by atoms with Crippen molar-refractivity contribution in [3.63, 3.8) is 0 Å². The molecule has 0 radical (unpaired) electrons. The second-order valence-corrected chi connectivity index (χ2v) is 19.5. The molecule has 18 heteroatoms. The number of ether oxygens (including phenoxy) is 3. The topological polar surface area (TPSA) is 219 Å². The predicted molar refractivity (Wildman–Crippen MR) is 214 cm³/mol. The van der Waals surface area contributed by atoms with E-state index in [0.717, 1.165) is 32.4 Å². The molecule has 2 aliphatic carbocycles. The molecule has 2 heterocycles. The summed E-state index contributed by atoms with van der Waals surface area (Å²) in [5, 5.41) is 7.43. The average Bonchev–Trinajstić information content (AvgIpc) is 4.06. The lowest BCUT2D eigenvalue weighted by molar-refractivity contribution is -0.143. The highest BCUT2D eigenvalue weighted by Crippen LogP contribution is 2.45. The zero-order chi connectivity index (χ0) is 42.8. The third-order valence-electron chi connectivity index (χ3n) is 10.6. The molecular formula is C40H58N6O11S. The summed E-state index contributed by atoms with van der Waals surface area (Å²) in [5.41, 5.74) is -2.21. The van der Waals surface area contributed by atoms with Gasteiger partial charge < -0.3 is 34.6 Å². The average molecular weight is 831 g/mol. The van der Waals surface area contributed by atoms with Crippen LogP contribution in [0.1, 0.15) is 104 Å². The predicted octanol–water partition coefficient (Wildman–Crippen LogP) is 3.98. The van der Waals surface area contributed by atoms with Gasteiger partial charge in [-0.1, -0.05) is 26.8 Å². The van der Waals surface area contributed by atoms with Gasteiger partial charge in [-0.05, 0) is 89.8 Å². The summed E-state index contributed by atoms with van der Waals surface area (Å²) in [6.07, 6.45) is 2.31. The van der Waals surface area contributed by atoms with Crippen molar-refractivity contribution >= 4 is 57.3 Å². The second-order valence-electron chi connectivity index (χ2n) is 17.5. The zero-order valence-corrected chi connectivity index (χ0v) is 35.3. The Hall–Kier alpha value is -4.87. The molecule has 4 N–H and O–H groups in total. The van der Waals surface area contributed by atoms with E-state index in [9.17, 15) is 37.2 Å². The Balaban J connectivity index is 1.41. The maximum Gasteiger partial charge on any atom is 0.412 e. The molecule has 58 heavy (non-hydrogen) atoms. The van der Waals surface area contributed by atoms with Crippen LogP contribution in [-0.4, -0.2) is 110 Å². The first kappa shape index (κ1) is 44.2. The highest BCUT2D eigenvalue weighted by atomic mass is 32.2. The van der Waals surface area contributed by atoms with E-state index in [2.05, 4.69) is 32.2 Å². The number of carbonyl (C=O) groups is 6. The second kappa shape index (κ2) is 17.2. The summed E-state index contributed by atoms with van der Waals surface area (Å²) in [5.74, 6) is -3.53. The molecule has 5 amide bonds. The molecule has 1 unspecified atom stereocenters. The van der Waals surface area contributed by atoms with Crippen molar-refractivity contribution in [2.45, 2.75) is 128 Å². The smallest absolute Gasteiger partial charge is 0.412 e. The maximum absolute atomic E-state index is 14.5. The van der Waals surface area contributed by atoms with E-state index in [1.807, 2.05) is 0 Å². The van der Waals surface area contributed by atoms with E-state index >= 15 is 0 Å². The van der Waals surface area contributed by atoms with Crippen molar-refractivity contribution in [3.05, 3.63) is 36.4 Å². The molecule has 320 valence electrons. The van der Waals surface area contributed by atoms with E-state index in [-0.39, 0.29) is 31.6 Å². The first-order chi connectivity index (χ1) is 27.1. The fraction of sp³-hybridized carbons (Fsp3) is 0.650. The van der Waals surface area contributed by atoms with Gasteiger partial charge in [-0.3, -0.25) is 24.4 Å². The van der Waals surface area contributed by atoms with Gasteiger partial charge in [0.15, 0.2) is 0 Å². The Morgan fingerprint density at radius 2 is 1.67 bits per heavy atom. The summed E-state index contributed by atoms with van der Waals surface area (Å²) < 4.78 is 44.0. The quantitative estimate of drug-likeness (QED) is 0.126. The molecule has 2 saturated carbocycles. The van der Waals surface area contributed by atoms with Crippen LogP contribution in [0.5, 0.6) is 0 Å². The number of rotatable bonds is 13. The van der Waals surface area contributed by atoms with Crippen LogP contribution in [-0.2, 0) is 38.6 Å². The lowest BCUT2D eigenvalue weighted by Gasteiger charge is -2.36. The van der Waals surface area contributed by atoms with E-state index in [0.29, 0.717) is 24.2 Å². The maximum atomic E-state index is 14.5. The van der Waals surface area contributed by atoms with Crippen LogP contribution >= 0.6 is 0 Å². The van der Waals surface area contributed by atoms with Gasteiger partial charge >= 0.3 is 18.2 Å². The van der Waals surface area contributed by atoms with Crippen molar-refractivity contribution in [2.75, 3.05) is 36.5 Å². The summed E-state index contributed by atoms with van der Waals surface area (Å²) in [6.45, 7) is 17.0. The first-order valence-corrected chi connectivity index (χ1v) is 21.5. The van der Waals surface area contributed by atoms with Crippen molar-refractivity contribution in [1.29, 1.82) is 0 Å². The molecule has 0 aromatic heterocycles. The summed E-state index contributed by atoms with van der Waals surface area (Å²) in [4.78, 5) is 84.9. The molecule has 17 nitrogen and oxygen atoms in total. The number of anilines is 2. The van der Waals surface area contributed by atoms with Gasteiger partial charge in [0.05, 0.1) is 35.3 Å². The zero-order valence-electron chi connectivity index (χ0n) is 34.5. The summed E-state index contributed by atoms with van der Waals surface area (Å²) in [7, 11) is -3.96. The SMILES string of the molecule is C=CC1C[C@]1(NC(=O)[C@@H]1C[C@@H](OC(=O)Nc2cc(C(=O)OCC)ccc2N2CCCCC2)CN1C(=O)[C@@H](NC(=O)OC(C)(C)C)C(C)(C)C)C(=O)NS(=O)(=O)C1CC1. The standard InChI is InChI=1S/C40H58N6O11S/c1-9-25-22-40(25,35(50)44-58(53,54)27-15-16-27)43-32(47)30-21-26(23-46(30)33(48)31(38(3,4)5)42-37(52)57-39(6,7)8)56-36(51)41-28-20-24(34(49)55-10-2)14-17-29(28)45-18-12-11-13-19-45/h9,14,17,20,25-27,30-31H,1,10-13,15-16,18-19,21-23H2,2-8H3,(H,41,51)(H,42,52)(H,43,47)(H,44,50)/t25?,26-,30+,31-,40-/m1/s1. The lowest BCUT2D eigenvalue weighted by Crippen LogP contribution is -2.60. The molecule has 2 aliphatic heterocycles. The summed E-state index contributed by atoms with van der Waals surface area (Å²) >= 11 is 0. The minimum Gasteiger partial charge on any atom is -0.462 e. The van der Waals surface area contributed by atoms with E-state index in [4.69, 9.17) is 14.2 Å². The Morgan fingerprint density at radius 3 is 2.24 bits per heavy atom. The van der Waals surface area contributed by atoms with Crippen molar-refractivity contribution in [3.8, 4) is 0 Å². The first-order valence-electron chi connectivity index (χ1n) is 19.9. The number of amides is 5. The molecular weight excluding hydrogens is 773 g/mol. The Morgan fingerprint density at radius 1 is 1.00 bits per heavy atom. The third-order valence-corrected chi connectivity index (χ3v) is 12.4. The number of alkyl carbamates (subject to hydrolysis) is 1. The highest BCUT2D eigenvalue weighted by Gasteiger charge is 2.62.